The summed E-state index contributed by atoms with van der Waals surface area (Å²) in [7, 11) is 1.85. The van der Waals surface area contributed by atoms with Crippen molar-refractivity contribution in [3.63, 3.8) is 0 Å². The van der Waals surface area contributed by atoms with Gasteiger partial charge in [0, 0.05) is 19.7 Å². The summed E-state index contributed by atoms with van der Waals surface area (Å²) < 4.78 is 1.76. The van der Waals surface area contributed by atoms with Crippen LogP contribution in [-0.2, 0) is 11.8 Å². The fourth-order valence-electron chi connectivity index (χ4n) is 2.48. The van der Waals surface area contributed by atoms with Crippen LogP contribution in [0.1, 0.15) is 24.6 Å². The van der Waals surface area contributed by atoms with Gasteiger partial charge in [0.25, 0.3) is 0 Å². The molecule has 1 aliphatic rings. The number of piperidine rings is 1. The van der Waals surface area contributed by atoms with Gasteiger partial charge in [-0.25, -0.2) is 9.97 Å². The smallest absolute Gasteiger partial charge is 0.222 e. The van der Waals surface area contributed by atoms with E-state index in [1.807, 2.05) is 13.1 Å². The van der Waals surface area contributed by atoms with Crippen molar-refractivity contribution in [2.24, 2.45) is 7.05 Å². The highest BCUT2D eigenvalue weighted by molar-refractivity contribution is 6.30. The summed E-state index contributed by atoms with van der Waals surface area (Å²) in [6, 6.07) is 1.73. The van der Waals surface area contributed by atoms with E-state index in [0.29, 0.717) is 23.8 Å². The predicted octanol–water partition coefficient (Wildman–Crippen LogP) is 1.30. The Bertz CT molecular complexity index is 640. The normalized spacial score (nSPS) is 21.9. The lowest BCUT2D eigenvalue weighted by molar-refractivity contribution is -0.123. The quantitative estimate of drug-likeness (QED) is 0.893. The minimum atomic E-state index is -0.168. The Morgan fingerprint density at radius 1 is 1.43 bits per heavy atom. The van der Waals surface area contributed by atoms with Crippen LogP contribution < -0.4 is 10.6 Å². The Labute approximate surface area is 126 Å². The molecular formula is C13H15ClN6O. The van der Waals surface area contributed by atoms with E-state index in [1.165, 1.54) is 12.4 Å². The van der Waals surface area contributed by atoms with Crippen molar-refractivity contribution in [2.45, 2.75) is 24.9 Å². The van der Waals surface area contributed by atoms with Gasteiger partial charge in [-0.2, -0.15) is 5.10 Å². The van der Waals surface area contributed by atoms with Gasteiger partial charge in [-0.3, -0.25) is 9.48 Å². The lowest BCUT2D eigenvalue weighted by Crippen LogP contribution is -2.46. The molecular weight excluding hydrogens is 292 g/mol. The largest absolute Gasteiger partial charge is 0.349 e. The van der Waals surface area contributed by atoms with Gasteiger partial charge in [-0.1, -0.05) is 11.6 Å². The summed E-state index contributed by atoms with van der Waals surface area (Å²) in [5, 5.41) is 10.9. The van der Waals surface area contributed by atoms with E-state index in [1.54, 1.807) is 10.9 Å². The fourth-order valence-corrected chi connectivity index (χ4v) is 2.57. The molecule has 21 heavy (non-hydrogen) atoms. The summed E-state index contributed by atoms with van der Waals surface area (Å²) in [6.07, 6.45) is 5.97. The number of aryl methyl sites for hydroxylation is 1. The summed E-state index contributed by atoms with van der Waals surface area (Å²) >= 11 is 5.78. The van der Waals surface area contributed by atoms with E-state index in [4.69, 9.17) is 11.6 Å². The van der Waals surface area contributed by atoms with E-state index in [-0.39, 0.29) is 18.0 Å². The second kappa shape index (κ2) is 5.69. The van der Waals surface area contributed by atoms with E-state index in [9.17, 15) is 4.79 Å². The molecule has 1 amide bonds. The van der Waals surface area contributed by atoms with E-state index in [0.717, 1.165) is 5.69 Å². The predicted molar refractivity (Wildman–Crippen MR) is 77.8 cm³/mol. The first-order valence-corrected chi connectivity index (χ1v) is 7.02. The van der Waals surface area contributed by atoms with Crippen LogP contribution in [0.3, 0.4) is 0 Å². The van der Waals surface area contributed by atoms with Crippen LogP contribution in [0.2, 0.25) is 5.02 Å². The number of aromatic nitrogens is 4. The molecule has 2 atom stereocenters. The number of halogens is 1. The standard InChI is InChI=1S/C13H15ClN6O/c1-20-10(4-5-17-20)12-9(2-3-11(21)19-12)18-13-15-6-8(14)7-16-13/h4-7,9,12H,2-3H2,1H3,(H,19,21)(H,15,16,18)/t9-,12-/m1/s1. The second-order valence-corrected chi connectivity index (χ2v) is 5.38. The zero-order valence-electron chi connectivity index (χ0n) is 11.5. The first kappa shape index (κ1) is 13.8. The van der Waals surface area contributed by atoms with Crippen molar-refractivity contribution < 1.29 is 4.79 Å². The SMILES string of the molecule is Cn1nccc1[C@@H]1NC(=O)CC[C@H]1Nc1ncc(Cl)cn1. The van der Waals surface area contributed by atoms with Crippen molar-refractivity contribution in [1.82, 2.24) is 25.1 Å². The van der Waals surface area contributed by atoms with Crippen LogP contribution >= 0.6 is 11.6 Å². The third-order valence-electron chi connectivity index (χ3n) is 3.51. The average Bonchev–Trinajstić information content (AvgIpc) is 2.89. The van der Waals surface area contributed by atoms with Gasteiger partial charge in [0.05, 0.1) is 35.2 Å². The van der Waals surface area contributed by atoms with Gasteiger partial charge in [-0.05, 0) is 12.5 Å². The highest BCUT2D eigenvalue weighted by Gasteiger charge is 2.32. The molecule has 0 aromatic carbocycles. The maximum atomic E-state index is 11.7. The van der Waals surface area contributed by atoms with E-state index < -0.39 is 0 Å². The molecule has 0 aliphatic carbocycles. The van der Waals surface area contributed by atoms with Gasteiger partial charge >= 0.3 is 0 Å². The molecule has 2 aromatic heterocycles. The molecule has 1 fully saturated rings. The van der Waals surface area contributed by atoms with Crippen molar-refractivity contribution >= 4 is 23.5 Å². The minimum absolute atomic E-state index is 0.000671. The molecule has 110 valence electrons. The van der Waals surface area contributed by atoms with E-state index >= 15 is 0 Å². The molecule has 0 radical (unpaired) electrons. The number of nitrogens with zero attached hydrogens (tertiary/aromatic N) is 4. The third-order valence-corrected chi connectivity index (χ3v) is 3.71. The summed E-state index contributed by atoms with van der Waals surface area (Å²) in [5.41, 5.74) is 0.939. The van der Waals surface area contributed by atoms with Gasteiger partial charge in [0.1, 0.15) is 0 Å². The number of carbonyl (C=O) groups is 1. The molecule has 0 unspecified atom stereocenters. The number of hydrogen-bond acceptors (Lipinski definition) is 5. The molecule has 0 spiro atoms. The highest BCUT2D eigenvalue weighted by Crippen LogP contribution is 2.25. The molecule has 7 nitrogen and oxygen atoms in total. The van der Waals surface area contributed by atoms with Gasteiger partial charge in [0.15, 0.2) is 0 Å². The molecule has 1 saturated heterocycles. The monoisotopic (exact) mass is 306 g/mol. The lowest BCUT2D eigenvalue weighted by Gasteiger charge is -2.32. The molecule has 3 rings (SSSR count). The molecule has 1 aliphatic heterocycles. The van der Waals surface area contributed by atoms with Gasteiger partial charge in [0.2, 0.25) is 11.9 Å². The van der Waals surface area contributed by atoms with Crippen LogP contribution in [0.25, 0.3) is 0 Å². The number of amides is 1. The van der Waals surface area contributed by atoms with Gasteiger partial charge in [-0.15, -0.1) is 0 Å². The fraction of sp³-hybridized carbons (Fsp3) is 0.385. The molecule has 3 heterocycles. The Balaban J connectivity index is 1.82. The Kier molecular flexibility index (Phi) is 3.74. The number of hydrogen-bond donors (Lipinski definition) is 2. The van der Waals surface area contributed by atoms with Crippen molar-refractivity contribution in [3.8, 4) is 0 Å². The zero-order valence-corrected chi connectivity index (χ0v) is 12.2. The van der Waals surface area contributed by atoms with Crippen LogP contribution in [-0.4, -0.2) is 31.7 Å². The average molecular weight is 307 g/mol. The topological polar surface area (TPSA) is 84.7 Å². The minimum Gasteiger partial charge on any atom is -0.349 e. The molecule has 8 heteroatoms. The summed E-state index contributed by atoms with van der Waals surface area (Å²) in [4.78, 5) is 20.0. The first-order chi connectivity index (χ1) is 10.1. The zero-order chi connectivity index (χ0) is 14.8. The highest BCUT2D eigenvalue weighted by atomic mass is 35.5. The lowest BCUT2D eigenvalue weighted by atomic mass is 9.95. The number of nitrogens with one attached hydrogen (secondary N) is 2. The molecule has 2 N–H and O–H groups in total. The van der Waals surface area contributed by atoms with Crippen molar-refractivity contribution in [2.75, 3.05) is 5.32 Å². The van der Waals surface area contributed by atoms with Gasteiger partial charge < -0.3 is 10.6 Å². The summed E-state index contributed by atoms with van der Waals surface area (Å²) in [5.74, 6) is 0.531. The number of anilines is 1. The van der Waals surface area contributed by atoms with Crippen LogP contribution in [0, 0.1) is 0 Å². The molecule has 0 bridgehead atoms. The Morgan fingerprint density at radius 3 is 2.86 bits per heavy atom. The summed E-state index contributed by atoms with van der Waals surface area (Å²) in [6.45, 7) is 0. The van der Waals surface area contributed by atoms with Crippen LogP contribution in [0.5, 0.6) is 0 Å². The van der Waals surface area contributed by atoms with Crippen LogP contribution in [0.15, 0.2) is 24.7 Å². The van der Waals surface area contributed by atoms with E-state index in [2.05, 4.69) is 25.7 Å². The van der Waals surface area contributed by atoms with Crippen molar-refractivity contribution in [3.05, 3.63) is 35.4 Å². The van der Waals surface area contributed by atoms with Crippen molar-refractivity contribution in [1.29, 1.82) is 0 Å². The second-order valence-electron chi connectivity index (χ2n) is 4.94. The molecule has 0 saturated carbocycles. The number of rotatable bonds is 3. The molecule has 2 aromatic rings. The Hall–Kier alpha value is -2.15. The first-order valence-electron chi connectivity index (χ1n) is 6.65. The Morgan fingerprint density at radius 2 is 2.19 bits per heavy atom. The maximum absolute atomic E-state index is 11.7. The third kappa shape index (κ3) is 2.97. The van der Waals surface area contributed by atoms with Crippen LogP contribution in [0.4, 0.5) is 5.95 Å². The number of carbonyl (C=O) groups excluding carboxylic acids is 1. The maximum Gasteiger partial charge on any atom is 0.222 e.